The molecule has 3 nitrogen and oxygen atoms in total. The van der Waals surface area contributed by atoms with Crippen molar-refractivity contribution in [1.29, 1.82) is 0 Å². The van der Waals surface area contributed by atoms with E-state index < -0.39 is 0 Å². The number of nitrogens with zero attached hydrogens (tertiary/aromatic N) is 2. The number of nitrogens with one attached hydrogen (secondary N) is 1. The van der Waals surface area contributed by atoms with Crippen LogP contribution in [0.25, 0.3) is 0 Å². The zero-order valence-electron chi connectivity index (χ0n) is 13.0. The standard InChI is InChI=1S/C18H21N3S/c1-14-7-6-10-17(15(14)2)21-13-20(12-19-18(21)22)11-16-8-4-3-5-9-16/h3-10H,11-13H2,1-2H3,(H,19,22). The van der Waals surface area contributed by atoms with Gasteiger partial charge in [0.05, 0.1) is 13.3 Å². The maximum Gasteiger partial charge on any atom is 0.175 e. The van der Waals surface area contributed by atoms with Gasteiger partial charge in [0.1, 0.15) is 0 Å². The Labute approximate surface area is 137 Å². The molecular weight excluding hydrogens is 290 g/mol. The summed E-state index contributed by atoms with van der Waals surface area (Å²) in [5.41, 5.74) is 5.09. The van der Waals surface area contributed by atoms with Gasteiger partial charge in [0.15, 0.2) is 5.11 Å². The molecule has 1 heterocycles. The number of rotatable bonds is 3. The molecule has 22 heavy (non-hydrogen) atoms. The summed E-state index contributed by atoms with van der Waals surface area (Å²) in [4.78, 5) is 4.54. The van der Waals surface area contributed by atoms with Crippen molar-refractivity contribution in [2.24, 2.45) is 0 Å². The predicted molar refractivity (Wildman–Crippen MR) is 95.8 cm³/mol. The van der Waals surface area contributed by atoms with E-state index in [0.717, 1.165) is 25.0 Å². The average molecular weight is 311 g/mol. The van der Waals surface area contributed by atoms with Gasteiger partial charge in [0.25, 0.3) is 0 Å². The second kappa shape index (κ2) is 6.46. The third-order valence-electron chi connectivity index (χ3n) is 4.16. The van der Waals surface area contributed by atoms with E-state index in [-0.39, 0.29) is 0 Å². The molecule has 4 heteroatoms. The van der Waals surface area contributed by atoms with Gasteiger partial charge in [-0.1, -0.05) is 42.5 Å². The number of hydrogen-bond acceptors (Lipinski definition) is 2. The highest BCUT2D eigenvalue weighted by Gasteiger charge is 2.23. The molecule has 1 fully saturated rings. The van der Waals surface area contributed by atoms with E-state index in [4.69, 9.17) is 12.2 Å². The summed E-state index contributed by atoms with van der Waals surface area (Å²) in [5.74, 6) is 0. The van der Waals surface area contributed by atoms with Crippen LogP contribution >= 0.6 is 12.2 Å². The fraction of sp³-hybridized carbons (Fsp3) is 0.278. The fourth-order valence-electron chi connectivity index (χ4n) is 2.75. The van der Waals surface area contributed by atoms with Crippen LogP contribution in [0.3, 0.4) is 0 Å². The quantitative estimate of drug-likeness (QED) is 0.875. The molecule has 0 radical (unpaired) electrons. The van der Waals surface area contributed by atoms with Gasteiger partial charge >= 0.3 is 0 Å². The number of thiocarbonyl (C=S) groups is 1. The van der Waals surface area contributed by atoms with Crippen molar-refractivity contribution in [1.82, 2.24) is 10.2 Å². The number of hydrogen-bond donors (Lipinski definition) is 1. The van der Waals surface area contributed by atoms with E-state index >= 15 is 0 Å². The monoisotopic (exact) mass is 311 g/mol. The first-order chi connectivity index (χ1) is 10.6. The average Bonchev–Trinajstić information content (AvgIpc) is 2.53. The minimum Gasteiger partial charge on any atom is -0.349 e. The Morgan fingerprint density at radius 3 is 2.59 bits per heavy atom. The van der Waals surface area contributed by atoms with E-state index in [2.05, 4.69) is 77.5 Å². The molecule has 1 saturated heterocycles. The second-order valence-corrected chi connectivity index (χ2v) is 6.13. The molecule has 114 valence electrons. The SMILES string of the molecule is Cc1cccc(N2CN(Cc3ccccc3)CNC2=S)c1C. The topological polar surface area (TPSA) is 18.5 Å². The molecule has 1 aliphatic heterocycles. The lowest BCUT2D eigenvalue weighted by Gasteiger charge is -2.38. The molecule has 0 unspecified atom stereocenters. The van der Waals surface area contributed by atoms with Crippen LogP contribution in [0.2, 0.25) is 0 Å². The molecule has 2 aromatic carbocycles. The second-order valence-electron chi connectivity index (χ2n) is 5.74. The lowest BCUT2D eigenvalue weighted by Crippen LogP contribution is -2.56. The summed E-state index contributed by atoms with van der Waals surface area (Å²) in [7, 11) is 0. The van der Waals surface area contributed by atoms with Crippen LogP contribution in [0.15, 0.2) is 48.5 Å². The first-order valence-corrected chi connectivity index (χ1v) is 7.94. The Morgan fingerprint density at radius 1 is 1.05 bits per heavy atom. The Kier molecular flexibility index (Phi) is 4.41. The summed E-state index contributed by atoms with van der Waals surface area (Å²) in [6.07, 6.45) is 0. The van der Waals surface area contributed by atoms with Crippen LogP contribution in [-0.2, 0) is 6.54 Å². The molecule has 3 rings (SSSR count). The molecule has 1 N–H and O–H groups in total. The molecule has 0 aliphatic carbocycles. The third kappa shape index (κ3) is 3.13. The largest absolute Gasteiger partial charge is 0.349 e. The van der Waals surface area contributed by atoms with Crippen molar-refractivity contribution in [3.05, 3.63) is 65.2 Å². The van der Waals surface area contributed by atoms with Gasteiger partial charge in [-0.3, -0.25) is 4.90 Å². The smallest absolute Gasteiger partial charge is 0.175 e. The Hall–Kier alpha value is -1.91. The van der Waals surface area contributed by atoms with E-state index in [9.17, 15) is 0 Å². The first-order valence-electron chi connectivity index (χ1n) is 7.53. The molecule has 0 aromatic heterocycles. The van der Waals surface area contributed by atoms with Gasteiger partial charge in [-0.15, -0.1) is 0 Å². The van der Waals surface area contributed by atoms with Crippen molar-refractivity contribution in [3.63, 3.8) is 0 Å². The maximum atomic E-state index is 5.52. The predicted octanol–water partition coefficient (Wildman–Crippen LogP) is 3.42. The van der Waals surface area contributed by atoms with Crippen LogP contribution in [0, 0.1) is 13.8 Å². The Balaban J connectivity index is 1.79. The minimum atomic E-state index is 0.787. The molecule has 0 spiro atoms. The van der Waals surface area contributed by atoms with Gasteiger partial charge in [-0.25, -0.2) is 0 Å². The van der Waals surface area contributed by atoms with Gasteiger partial charge in [0, 0.05) is 12.2 Å². The third-order valence-corrected chi connectivity index (χ3v) is 4.52. The lowest BCUT2D eigenvalue weighted by atomic mass is 10.1. The van der Waals surface area contributed by atoms with Crippen molar-refractivity contribution in [3.8, 4) is 0 Å². The molecule has 0 bridgehead atoms. The molecular formula is C18H21N3S. The summed E-state index contributed by atoms with van der Waals surface area (Å²) in [5, 5.41) is 4.13. The van der Waals surface area contributed by atoms with E-state index in [1.165, 1.54) is 22.4 Å². The van der Waals surface area contributed by atoms with Crippen molar-refractivity contribution in [2.75, 3.05) is 18.2 Å². The van der Waals surface area contributed by atoms with Crippen molar-refractivity contribution in [2.45, 2.75) is 20.4 Å². The van der Waals surface area contributed by atoms with Crippen molar-refractivity contribution >= 4 is 23.0 Å². The summed E-state index contributed by atoms with van der Waals surface area (Å²) >= 11 is 5.52. The summed E-state index contributed by atoms with van der Waals surface area (Å²) in [6.45, 7) is 6.81. The highest BCUT2D eigenvalue weighted by atomic mass is 32.1. The van der Waals surface area contributed by atoms with Crippen LogP contribution < -0.4 is 10.2 Å². The molecule has 0 atom stereocenters. The van der Waals surface area contributed by atoms with Crippen LogP contribution in [0.4, 0.5) is 5.69 Å². The van der Waals surface area contributed by atoms with E-state index in [1.54, 1.807) is 0 Å². The minimum absolute atomic E-state index is 0.787. The lowest BCUT2D eigenvalue weighted by molar-refractivity contribution is 0.252. The number of aryl methyl sites for hydroxylation is 1. The fourth-order valence-corrected chi connectivity index (χ4v) is 2.97. The van der Waals surface area contributed by atoms with Crippen LogP contribution in [0.1, 0.15) is 16.7 Å². The normalized spacial score (nSPS) is 15.7. The molecule has 0 saturated carbocycles. The zero-order chi connectivity index (χ0) is 15.5. The summed E-state index contributed by atoms with van der Waals surface area (Å²) < 4.78 is 0. The zero-order valence-corrected chi connectivity index (χ0v) is 13.9. The van der Waals surface area contributed by atoms with Crippen LogP contribution in [0.5, 0.6) is 0 Å². The van der Waals surface area contributed by atoms with E-state index in [0.29, 0.717) is 0 Å². The van der Waals surface area contributed by atoms with E-state index in [1.807, 2.05) is 0 Å². The number of benzene rings is 2. The highest BCUT2D eigenvalue weighted by Crippen LogP contribution is 2.24. The van der Waals surface area contributed by atoms with Gasteiger partial charge in [-0.05, 0) is 48.8 Å². The number of anilines is 1. The maximum absolute atomic E-state index is 5.52. The Morgan fingerprint density at radius 2 is 1.82 bits per heavy atom. The molecule has 0 amide bonds. The van der Waals surface area contributed by atoms with Gasteiger partial charge in [0.2, 0.25) is 0 Å². The summed E-state index contributed by atoms with van der Waals surface area (Å²) in [6, 6.07) is 16.9. The first kappa shape index (κ1) is 15.0. The molecule has 2 aromatic rings. The van der Waals surface area contributed by atoms with Crippen molar-refractivity contribution < 1.29 is 0 Å². The Bertz CT molecular complexity index is 669. The highest BCUT2D eigenvalue weighted by molar-refractivity contribution is 7.80. The molecule has 1 aliphatic rings. The van der Waals surface area contributed by atoms with Crippen LogP contribution in [-0.4, -0.2) is 23.3 Å². The van der Waals surface area contributed by atoms with Gasteiger partial charge in [-0.2, -0.15) is 0 Å². The van der Waals surface area contributed by atoms with Gasteiger partial charge < -0.3 is 10.2 Å².